The zero-order valence-corrected chi connectivity index (χ0v) is 9.40. The first-order valence-electron chi connectivity index (χ1n) is 5.10. The lowest BCUT2D eigenvalue weighted by atomic mass is 10.2. The molecule has 1 N–H and O–H groups in total. The minimum atomic E-state index is -0.702. The number of carbonyl (C=O) groups excluding carboxylic acids is 2. The number of hydrogen-bond acceptors (Lipinski definition) is 4. The monoisotopic (exact) mass is 240 g/mol. The molecule has 0 saturated heterocycles. The predicted octanol–water partition coefficient (Wildman–Crippen LogP) is 0.904. The summed E-state index contributed by atoms with van der Waals surface area (Å²) < 4.78 is 17.2. The molecule has 0 aliphatic rings. The fraction of sp³-hybridized carbons (Fsp3) is 0.364. The van der Waals surface area contributed by atoms with Gasteiger partial charge in [-0.2, -0.15) is 4.39 Å². The van der Waals surface area contributed by atoms with Crippen molar-refractivity contribution in [3.63, 3.8) is 0 Å². The maximum Gasteiger partial charge on any atom is 0.305 e. The Morgan fingerprint density at radius 1 is 1.53 bits per heavy atom. The van der Waals surface area contributed by atoms with Crippen LogP contribution in [0.1, 0.15) is 23.2 Å². The number of methoxy groups -OCH3 is 1. The maximum atomic E-state index is 12.7. The summed E-state index contributed by atoms with van der Waals surface area (Å²) in [6, 6.07) is 2.47. The SMILES string of the molecule is COC(=O)CCCNC(=O)c1ccnc(F)c1. The Bertz CT molecular complexity index is 409. The lowest BCUT2D eigenvalue weighted by Gasteiger charge is -2.04. The first-order chi connectivity index (χ1) is 8.13. The van der Waals surface area contributed by atoms with Gasteiger partial charge in [0.2, 0.25) is 5.95 Å². The number of amides is 1. The van der Waals surface area contributed by atoms with Crippen molar-refractivity contribution in [2.45, 2.75) is 12.8 Å². The highest BCUT2D eigenvalue weighted by Gasteiger charge is 2.06. The highest BCUT2D eigenvalue weighted by Crippen LogP contribution is 2.00. The highest BCUT2D eigenvalue weighted by molar-refractivity contribution is 5.93. The third-order valence-corrected chi connectivity index (χ3v) is 2.06. The van der Waals surface area contributed by atoms with Crippen molar-refractivity contribution in [1.29, 1.82) is 0 Å². The summed E-state index contributed by atoms with van der Waals surface area (Å²) in [4.78, 5) is 25.6. The standard InChI is InChI=1S/C11H13FN2O3/c1-17-10(15)3-2-5-14-11(16)8-4-6-13-9(12)7-8/h4,6-7H,2-3,5H2,1H3,(H,14,16). The van der Waals surface area contributed by atoms with Gasteiger partial charge in [-0.25, -0.2) is 4.98 Å². The number of ether oxygens (including phenoxy) is 1. The van der Waals surface area contributed by atoms with E-state index >= 15 is 0 Å². The molecule has 1 heterocycles. The molecule has 5 nitrogen and oxygen atoms in total. The van der Waals surface area contributed by atoms with E-state index in [0.29, 0.717) is 13.0 Å². The molecule has 1 aromatic rings. The summed E-state index contributed by atoms with van der Waals surface area (Å²) >= 11 is 0. The number of nitrogens with zero attached hydrogens (tertiary/aromatic N) is 1. The van der Waals surface area contributed by atoms with Crippen LogP contribution in [0, 0.1) is 5.95 Å². The molecule has 17 heavy (non-hydrogen) atoms. The minimum absolute atomic E-state index is 0.204. The smallest absolute Gasteiger partial charge is 0.305 e. The zero-order valence-electron chi connectivity index (χ0n) is 9.40. The van der Waals surface area contributed by atoms with Crippen molar-refractivity contribution in [2.75, 3.05) is 13.7 Å². The second-order valence-corrected chi connectivity index (χ2v) is 3.30. The van der Waals surface area contributed by atoms with Gasteiger partial charge in [0, 0.05) is 30.8 Å². The van der Waals surface area contributed by atoms with Crippen LogP contribution in [0.3, 0.4) is 0 Å². The molecule has 1 amide bonds. The summed E-state index contributed by atoms with van der Waals surface area (Å²) in [5.41, 5.74) is 0.204. The summed E-state index contributed by atoms with van der Waals surface area (Å²) in [6.07, 6.45) is 1.94. The van der Waals surface area contributed by atoms with Gasteiger partial charge in [0.25, 0.3) is 5.91 Å². The number of aromatic nitrogens is 1. The van der Waals surface area contributed by atoms with Crippen molar-refractivity contribution in [3.05, 3.63) is 29.8 Å². The normalized spacial score (nSPS) is 9.76. The van der Waals surface area contributed by atoms with Crippen LogP contribution in [0.5, 0.6) is 0 Å². The Morgan fingerprint density at radius 3 is 2.94 bits per heavy atom. The third-order valence-electron chi connectivity index (χ3n) is 2.06. The van der Waals surface area contributed by atoms with Crippen molar-refractivity contribution in [2.24, 2.45) is 0 Å². The largest absolute Gasteiger partial charge is 0.469 e. The molecule has 0 atom stereocenters. The second kappa shape index (κ2) is 6.57. The molecule has 92 valence electrons. The molecule has 0 aliphatic carbocycles. The van der Waals surface area contributed by atoms with Crippen LogP contribution in [0.15, 0.2) is 18.3 Å². The number of rotatable bonds is 5. The van der Waals surface area contributed by atoms with Gasteiger partial charge in [0.15, 0.2) is 0 Å². The van der Waals surface area contributed by atoms with Gasteiger partial charge in [-0.15, -0.1) is 0 Å². The zero-order chi connectivity index (χ0) is 12.7. The summed E-state index contributed by atoms with van der Waals surface area (Å²) in [5, 5.41) is 2.56. The number of esters is 1. The first kappa shape index (κ1) is 13.1. The fourth-order valence-electron chi connectivity index (χ4n) is 1.18. The number of nitrogens with one attached hydrogen (secondary N) is 1. The minimum Gasteiger partial charge on any atom is -0.469 e. The molecule has 0 spiro atoms. The van der Waals surface area contributed by atoms with E-state index in [4.69, 9.17) is 0 Å². The molecule has 0 aliphatic heterocycles. The van der Waals surface area contributed by atoms with Crippen LogP contribution in [0.25, 0.3) is 0 Å². The number of carbonyl (C=O) groups is 2. The van der Waals surface area contributed by atoms with Crippen LogP contribution in [-0.4, -0.2) is 30.5 Å². The second-order valence-electron chi connectivity index (χ2n) is 3.30. The Labute approximate surface area is 98.0 Å². The Kier molecular flexibility index (Phi) is 5.06. The molecular weight excluding hydrogens is 227 g/mol. The summed E-state index contributed by atoms with van der Waals surface area (Å²) in [5.74, 6) is -1.42. The average Bonchev–Trinajstić information content (AvgIpc) is 2.34. The van der Waals surface area contributed by atoms with E-state index in [0.717, 1.165) is 6.07 Å². The molecule has 1 aromatic heterocycles. The van der Waals surface area contributed by atoms with E-state index in [1.165, 1.54) is 19.4 Å². The van der Waals surface area contributed by atoms with Crippen LogP contribution < -0.4 is 5.32 Å². The van der Waals surface area contributed by atoms with E-state index < -0.39 is 11.9 Å². The Balaban J connectivity index is 2.33. The predicted molar refractivity (Wildman–Crippen MR) is 57.8 cm³/mol. The molecule has 0 fully saturated rings. The molecule has 1 rings (SSSR count). The van der Waals surface area contributed by atoms with Crippen LogP contribution in [0.4, 0.5) is 4.39 Å². The van der Waals surface area contributed by atoms with Gasteiger partial charge in [0.1, 0.15) is 0 Å². The van der Waals surface area contributed by atoms with Gasteiger partial charge >= 0.3 is 5.97 Å². The fourth-order valence-corrected chi connectivity index (χ4v) is 1.18. The van der Waals surface area contributed by atoms with Crippen LogP contribution in [-0.2, 0) is 9.53 Å². The van der Waals surface area contributed by atoms with Crippen LogP contribution in [0.2, 0.25) is 0 Å². The first-order valence-corrected chi connectivity index (χ1v) is 5.10. The number of pyridine rings is 1. The van der Waals surface area contributed by atoms with Gasteiger partial charge in [0.05, 0.1) is 7.11 Å². The van der Waals surface area contributed by atoms with Gasteiger partial charge < -0.3 is 10.1 Å². The van der Waals surface area contributed by atoms with Crippen LogP contribution >= 0.6 is 0 Å². The highest BCUT2D eigenvalue weighted by atomic mass is 19.1. The van der Waals surface area contributed by atoms with Crippen molar-refractivity contribution in [1.82, 2.24) is 10.3 Å². The van der Waals surface area contributed by atoms with Crippen molar-refractivity contribution >= 4 is 11.9 Å². The Hall–Kier alpha value is -1.98. The average molecular weight is 240 g/mol. The molecule has 6 heteroatoms. The lowest BCUT2D eigenvalue weighted by Crippen LogP contribution is -2.25. The third kappa shape index (κ3) is 4.58. The van der Waals surface area contributed by atoms with Gasteiger partial charge in [-0.1, -0.05) is 0 Å². The quantitative estimate of drug-likeness (QED) is 0.471. The van der Waals surface area contributed by atoms with Crippen molar-refractivity contribution in [3.8, 4) is 0 Å². The molecule has 0 bridgehead atoms. The molecule has 0 radical (unpaired) electrons. The maximum absolute atomic E-state index is 12.7. The summed E-state index contributed by atoms with van der Waals surface area (Å²) in [7, 11) is 1.31. The summed E-state index contributed by atoms with van der Waals surface area (Å²) in [6.45, 7) is 0.331. The van der Waals surface area contributed by atoms with E-state index in [-0.39, 0.29) is 18.0 Å². The molecule has 0 aromatic carbocycles. The lowest BCUT2D eigenvalue weighted by molar-refractivity contribution is -0.140. The van der Waals surface area contributed by atoms with E-state index in [2.05, 4.69) is 15.0 Å². The molecule has 0 unspecified atom stereocenters. The Morgan fingerprint density at radius 2 is 2.29 bits per heavy atom. The molecular formula is C11H13FN2O3. The number of halogens is 1. The van der Waals surface area contributed by atoms with E-state index in [9.17, 15) is 14.0 Å². The van der Waals surface area contributed by atoms with E-state index in [1.807, 2.05) is 0 Å². The van der Waals surface area contributed by atoms with Gasteiger partial charge in [-0.3, -0.25) is 9.59 Å². The number of hydrogen-bond donors (Lipinski definition) is 1. The van der Waals surface area contributed by atoms with E-state index in [1.54, 1.807) is 0 Å². The van der Waals surface area contributed by atoms with Gasteiger partial charge in [-0.05, 0) is 12.5 Å². The van der Waals surface area contributed by atoms with Crippen molar-refractivity contribution < 1.29 is 18.7 Å². The molecule has 0 saturated carbocycles. The topological polar surface area (TPSA) is 68.3 Å².